The van der Waals surface area contributed by atoms with Crippen molar-refractivity contribution in [1.82, 2.24) is 0 Å². The molecule has 36 heavy (non-hydrogen) atoms. The molecule has 2 N–H and O–H groups in total. The zero-order valence-corrected chi connectivity index (χ0v) is 21.9. The van der Waals surface area contributed by atoms with Crippen molar-refractivity contribution in [2.24, 2.45) is 23.7 Å². The predicted molar refractivity (Wildman–Crippen MR) is 136 cm³/mol. The van der Waals surface area contributed by atoms with Crippen molar-refractivity contribution in [2.75, 3.05) is 7.11 Å². The van der Waals surface area contributed by atoms with Crippen LogP contribution >= 0.6 is 0 Å². The Morgan fingerprint density at radius 1 is 0.944 bits per heavy atom. The molecule has 0 spiro atoms. The molecule has 0 saturated heterocycles. The number of esters is 2. The number of allylic oxidation sites excluding steroid dienone is 1. The Kier molecular flexibility index (Phi) is 11.8. The third-order valence-corrected chi connectivity index (χ3v) is 7.34. The molecule has 8 heteroatoms. The van der Waals surface area contributed by atoms with E-state index in [9.17, 15) is 19.2 Å². The standard InChI is InChI=1S/C16H24O2.C9H12O4.C3H4O2/c1-4-16(18-15(17)10(2)3)13-6-11-5-12(8-13)9-14(16)7-11;1-6(8(10)11)4-5-7(2)9(12)13-3;1-2-3(4)5/h11-14H,2,4-9H2,1,3H3;4H,2,5H2,1,3H3,(H,10,11);2H,1H2,(H,4,5). The summed E-state index contributed by atoms with van der Waals surface area (Å²) in [6.07, 6.45) is 9.98. The van der Waals surface area contributed by atoms with Gasteiger partial charge >= 0.3 is 23.9 Å². The second kappa shape index (κ2) is 13.8. The zero-order chi connectivity index (χ0) is 27.6. The first kappa shape index (κ1) is 30.9. The average molecular weight is 505 g/mol. The number of hydrogen-bond acceptors (Lipinski definition) is 6. The number of methoxy groups -OCH3 is 1. The number of ether oxygens (including phenoxy) is 2. The average Bonchev–Trinajstić information content (AvgIpc) is 2.84. The number of hydrogen-bond donors (Lipinski definition) is 2. The number of aliphatic carboxylic acids is 2. The second-order valence-corrected chi connectivity index (χ2v) is 9.82. The van der Waals surface area contributed by atoms with E-state index in [0.29, 0.717) is 17.4 Å². The van der Waals surface area contributed by atoms with Gasteiger partial charge in [-0.3, -0.25) is 0 Å². The van der Waals surface area contributed by atoms with E-state index in [1.165, 1.54) is 52.2 Å². The van der Waals surface area contributed by atoms with E-state index in [1.807, 2.05) is 0 Å². The molecule has 4 fully saturated rings. The summed E-state index contributed by atoms with van der Waals surface area (Å²) in [5, 5.41) is 16.1. The maximum Gasteiger partial charge on any atom is 0.333 e. The molecule has 0 amide bonds. The Bertz CT molecular complexity index is 883. The van der Waals surface area contributed by atoms with Gasteiger partial charge in [-0.2, -0.15) is 0 Å². The van der Waals surface area contributed by atoms with Gasteiger partial charge in [0.25, 0.3) is 0 Å². The molecule has 0 aromatic carbocycles. The first-order chi connectivity index (χ1) is 16.8. The highest BCUT2D eigenvalue weighted by Gasteiger charge is 2.58. The molecule has 4 rings (SSSR count). The van der Waals surface area contributed by atoms with Crippen LogP contribution < -0.4 is 0 Å². The quantitative estimate of drug-likeness (QED) is 0.345. The molecule has 4 bridgehead atoms. The van der Waals surface area contributed by atoms with Crippen molar-refractivity contribution in [1.29, 1.82) is 0 Å². The van der Waals surface area contributed by atoms with E-state index < -0.39 is 17.9 Å². The third kappa shape index (κ3) is 8.21. The van der Waals surface area contributed by atoms with Crippen molar-refractivity contribution in [3.8, 4) is 0 Å². The molecule has 0 aliphatic heterocycles. The molecule has 0 aromatic heterocycles. The molecule has 4 aliphatic rings. The van der Waals surface area contributed by atoms with Crippen molar-refractivity contribution in [3.05, 3.63) is 48.6 Å². The van der Waals surface area contributed by atoms with Crippen LogP contribution in [0.15, 0.2) is 48.6 Å². The maximum absolute atomic E-state index is 12.0. The van der Waals surface area contributed by atoms with Gasteiger partial charge in [0.05, 0.1) is 7.11 Å². The highest BCUT2D eigenvalue weighted by atomic mass is 16.6. The van der Waals surface area contributed by atoms with Crippen LogP contribution in [0.3, 0.4) is 0 Å². The minimum atomic E-state index is -1.00. The summed E-state index contributed by atoms with van der Waals surface area (Å²) in [6.45, 7) is 15.5. The van der Waals surface area contributed by atoms with Crippen LogP contribution in [0.2, 0.25) is 0 Å². The highest BCUT2D eigenvalue weighted by molar-refractivity contribution is 5.89. The van der Waals surface area contributed by atoms with Gasteiger partial charge in [-0.25, -0.2) is 19.2 Å². The molecule has 0 atom stereocenters. The number of carboxylic acids is 2. The van der Waals surface area contributed by atoms with E-state index in [2.05, 4.69) is 31.4 Å². The molecule has 0 radical (unpaired) electrons. The molecule has 0 unspecified atom stereocenters. The SMILES string of the molecule is C=C(C)C(=O)OC1(CC)C2CC3CC(C2)CC1C3.C=C(CC=C(C)C(=O)O)C(=O)OC.C=CC(=O)O. The second-order valence-electron chi connectivity index (χ2n) is 9.82. The van der Waals surface area contributed by atoms with E-state index in [1.54, 1.807) is 6.92 Å². The molecule has 200 valence electrons. The van der Waals surface area contributed by atoms with Crippen LogP contribution in [0.1, 0.15) is 65.7 Å². The zero-order valence-electron chi connectivity index (χ0n) is 21.9. The fourth-order valence-corrected chi connectivity index (χ4v) is 5.65. The lowest BCUT2D eigenvalue weighted by Crippen LogP contribution is -2.59. The van der Waals surface area contributed by atoms with E-state index in [4.69, 9.17) is 14.9 Å². The van der Waals surface area contributed by atoms with Gasteiger partial charge in [0, 0.05) is 22.8 Å². The maximum atomic E-state index is 12.0. The predicted octanol–water partition coefficient (Wildman–Crippen LogP) is 5.10. The van der Waals surface area contributed by atoms with Gasteiger partial charge in [-0.1, -0.05) is 32.7 Å². The number of carbonyl (C=O) groups excluding carboxylic acids is 2. The Morgan fingerprint density at radius 3 is 1.75 bits per heavy atom. The molecule has 4 saturated carbocycles. The largest absolute Gasteiger partial charge is 0.478 e. The number of carboxylic acid groups (broad SMARTS) is 2. The lowest BCUT2D eigenvalue weighted by molar-refractivity contribution is -0.207. The highest BCUT2D eigenvalue weighted by Crippen LogP contribution is 2.60. The summed E-state index contributed by atoms with van der Waals surface area (Å²) in [5.74, 6) is 0.372. The summed E-state index contributed by atoms with van der Waals surface area (Å²) in [5.41, 5.74) is 0.800. The summed E-state index contributed by atoms with van der Waals surface area (Å²) in [6, 6.07) is 0. The summed E-state index contributed by atoms with van der Waals surface area (Å²) >= 11 is 0. The minimum Gasteiger partial charge on any atom is -0.478 e. The summed E-state index contributed by atoms with van der Waals surface area (Å²) in [7, 11) is 1.25. The number of carbonyl (C=O) groups is 4. The summed E-state index contributed by atoms with van der Waals surface area (Å²) < 4.78 is 10.4. The summed E-state index contributed by atoms with van der Waals surface area (Å²) in [4.78, 5) is 42.4. The fraction of sp³-hybridized carbons (Fsp3) is 0.571. The molecule has 0 aromatic rings. The van der Waals surface area contributed by atoms with Crippen molar-refractivity contribution < 1.29 is 38.9 Å². The van der Waals surface area contributed by atoms with E-state index in [-0.39, 0.29) is 29.1 Å². The van der Waals surface area contributed by atoms with Crippen LogP contribution in [-0.4, -0.2) is 46.8 Å². The molecule has 4 aliphatic carbocycles. The van der Waals surface area contributed by atoms with Gasteiger partial charge < -0.3 is 19.7 Å². The minimum absolute atomic E-state index is 0.163. The van der Waals surface area contributed by atoms with Crippen molar-refractivity contribution in [2.45, 2.75) is 71.3 Å². The van der Waals surface area contributed by atoms with Crippen LogP contribution in [0.25, 0.3) is 0 Å². The monoisotopic (exact) mass is 504 g/mol. The topological polar surface area (TPSA) is 127 Å². The Hall–Kier alpha value is -3.16. The van der Waals surface area contributed by atoms with Crippen LogP contribution in [0, 0.1) is 23.7 Å². The molecule has 0 heterocycles. The van der Waals surface area contributed by atoms with Gasteiger partial charge in [-0.05, 0) is 82.5 Å². The number of rotatable bonds is 8. The third-order valence-electron chi connectivity index (χ3n) is 7.34. The van der Waals surface area contributed by atoms with Gasteiger partial charge in [0.15, 0.2) is 0 Å². The first-order valence-corrected chi connectivity index (χ1v) is 12.2. The van der Waals surface area contributed by atoms with E-state index in [0.717, 1.165) is 24.3 Å². The first-order valence-electron chi connectivity index (χ1n) is 12.2. The van der Waals surface area contributed by atoms with Crippen LogP contribution in [0.5, 0.6) is 0 Å². The fourth-order valence-electron chi connectivity index (χ4n) is 5.65. The smallest absolute Gasteiger partial charge is 0.333 e. The molecular formula is C28H40O8. The van der Waals surface area contributed by atoms with Gasteiger partial charge in [0.2, 0.25) is 0 Å². The van der Waals surface area contributed by atoms with Crippen molar-refractivity contribution >= 4 is 23.9 Å². The molecular weight excluding hydrogens is 464 g/mol. The van der Waals surface area contributed by atoms with Crippen LogP contribution in [0.4, 0.5) is 0 Å². The lowest BCUT2D eigenvalue weighted by atomic mass is 9.49. The molecule has 8 nitrogen and oxygen atoms in total. The van der Waals surface area contributed by atoms with E-state index >= 15 is 0 Å². The van der Waals surface area contributed by atoms with Gasteiger partial charge in [-0.15, -0.1) is 0 Å². The Balaban J connectivity index is 0.000000317. The Labute approximate surface area is 213 Å². The normalized spacial score (nSPS) is 27.3. The van der Waals surface area contributed by atoms with Crippen LogP contribution in [-0.2, 0) is 28.7 Å². The lowest BCUT2D eigenvalue weighted by Gasteiger charge is -2.60. The van der Waals surface area contributed by atoms with Crippen molar-refractivity contribution in [3.63, 3.8) is 0 Å². The Morgan fingerprint density at radius 2 is 1.42 bits per heavy atom. The van der Waals surface area contributed by atoms with Gasteiger partial charge in [0.1, 0.15) is 5.60 Å².